The van der Waals surface area contributed by atoms with Crippen LogP contribution in [-0.2, 0) is 17.8 Å². The van der Waals surface area contributed by atoms with Crippen molar-refractivity contribution in [1.29, 1.82) is 5.26 Å². The first-order valence-corrected chi connectivity index (χ1v) is 16.0. The molecule has 43 heavy (non-hydrogen) atoms. The number of piperazine rings is 1. The van der Waals surface area contributed by atoms with Crippen molar-refractivity contribution >= 4 is 39.9 Å². The minimum atomic E-state index is -0.902. The summed E-state index contributed by atoms with van der Waals surface area (Å²) in [5, 5.41) is 10.6. The number of fused-ring (bicyclic) bond motifs is 2. The van der Waals surface area contributed by atoms with Crippen LogP contribution in [0.4, 0.5) is 15.9 Å². The quantitative estimate of drug-likeness (QED) is 0.217. The van der Waals surface area contributed by atoms with Crippen molar-refractivity contribution in [2.45, 2.75) is 44.8 Å². The summed E-state index contributed by atoms with van der Waals surface area (Å²) < 4.78 is 13.3. The first-order chi connectivity index (χ1) is 20.8. The molecule has 3 aliphatic rings. The molecule has 1 aromatic heterocycles. The zero-order valence-corrected chi connectivity index (χ0v) is 26.6. The Morgan fingerprint density at radius 3 is 2.23 bits per heavy atom. The molecule has 6 rings (SSSR count). The summed E-state index contributed by atoms with van der Waals surface area (Å²) in [5.41, 5.74) is 4.75. The number of benzene rings is 2. The van der Waals surface area contributed by atoms with Gasteiger partial charge in [-0.2, -0.15) is 5.26 Å². The van der Waals surface area contributed by atoms with Crippen LogP contribution in [0.3, 0.4) is 0 Å². The van der Waals surface area contributed by atoms with Crippen molar-refractivity contribution in [1.82, 2.24) is 19.8 Å². The zero-order valence-electron chi connectivity index (χ0n) is 25.8. The Morgan fingerprint density at radius 1 is 1.00 bits per heavy atom. The molecule has 0 saturated carbocycles. The SMILES string of the molecule is C=C(F)C(=O)N1CCN(c2nc(SC)nc3c2CCN(c2cccc4cccc(C)c24)C3)CC1.CC#N.CN1CCCC1. The molecule has 0 radical (unpaired) electrons. The number of hydrogen-bond donors (Lipinski definition) is 0. The fourth-order valence-corrected chi connectivity index (χ4v) is 6.26. The standard InChI is InChI=1S/C26H28FN5OS.C5H11N.C2H3N/c1-17-6-4-7-19-8-5-9-22(23(17)19)32-11-10-20-21(16-32)28-26(34-3)29-24(20)30-12-14-31(15-13-30)25(33)18(2)27;1-6-4-2-3-5-6;1-2-3/h4-9H,2,10-16H2,1,3H3;2-5H2,1H3;1H3. The molecule has 4 heterocycles. The molecular weight excluding hydrogens is 561 g/mol. The molecule has 0 unspecified atom stereocenters. The predicted molar refractivity (Wildman–Crippen MR) is 174 cm³/mol. The van der Waals surface area contributed by atoms with Crippen molar-refractivity contribution < 1.29 is 9.18 Å². The van der Waals surface area contributed by atoms with Gasteiger partial charge in [-0.1, -0.05) is 48.7 Å². The molecule has 8 nitrogen and oxygen atoms in total. The van der Waals surface area contributed by atoms with E-state index in [9.17, 15) is 9.18 Å². The summed E-state index contributed by atoms with van der Waals surface area (Å²) in [5.74, 6) is -0.564. The molecule has 2 fully saturated rings. The molecule has 3 aromatic rings. The van der Waals surface area contributed by atoms with Crippen molar-refractivity contribution in [3.8, 4) is 6.07 Å². The number of carbonyl (C=O) groups excluding carboxylic acids is 1. The second-order valence-corrected chi connectivity index (χ2v) is 11.8. The van der Waals surface area contributed by atoms with Crippen LogP contribution in [0.1, 0.15) is 36.6 Å². The summed E-state index contributed by atoms with van der Waals surface area (Å²) in [6.45, 7) is 13.1. The number of rotatable bonds is 4. The fourth-order valence-electron chi connectivity index (χ4n) is 5.88. The number of hydrogen-bond acceptors (Lipinski definition) is 8. The number of aryl methyl sites for hydroxylation is 1. The van der Waals surface area contributed by atoms with E-state index >= 15 is 0 Å². The van der Waals surface area contributed by atoms with E-state index in [1.807, 2.05) is 6.26 Å². The van der Waals surface area contributed by atoms with Crippen LogP contribution >= 0.6 is 11.8 Å². The second kappa shape index (κ2) is 15.2. The summed E-state index contributed by atoms with van der Waals surface area (Å²) in [6.07, 6.45) is 5.67. The normalized spacial score (nSPS) is 16.4. The van der Waals surface area contributed by atoms with Crippen molar-refractivity contribution in [3.63, 3.8) is 0 Å². The van der Waals surface area contributed by atoms with Crippen LogP contribution < -0.4 is 9.80 Å². The molecule has 2 aromatic carbocycles. The minimum absolute atomic E-state index is 0.455. The number of carbonyl (C=O) groups is 1. The number of amides is 1. The first kappa shape index (κ1) is 32.2. The van der Waals surface area contributed by atoms with Crippen LogP contribution in [0, 0.1) is 18.3 Å². The second-order valence-electron chi connectivity index (χ2n) is 11.0. The van der Waals surface area contributed by atoms with E-state index in [-0.39, 0.29) is 0 Å². The number of thioether (sulfide) groups is 1. The van der Waals surface area contributed by atoms with E-state index in [2.05, 4.69) is 71.6 Å². The zero-order chi connectivity index (χ0) is 30.9. The molecule has 228 valence electrons. The first-order valence-electron chi connectivity index (χ1n) is 14.8. The summed E-state index contributed by atoms with van der Waals surface area (Å²) in [4.78, 5) is 30.2. The third-order valence-corrected chi connectivity index (χ3v) is 8.61. The van der Waals surface area contributed by atoms with E-state index in [1.54, 1.807) is 6.07 Å². The van der Waals surface area contributed by atoms with E-state index in [0.29, 0.717) is 26.2 Å². The molecule has 10 heteroatoms. The van der Waals surface area contributed by atoms with Gasteiger partial charge in [0, 0.05) is 56.3 Å². The smallest absolute Gasteiger partial charge is 0.282 e. The van der Waals surface area contributed by atoms with Gasteiger partial charge in [-0.25, -0.2) is 14.4 Å². The number of anilines is 2. The van der Waals surface area contributed by atoms with E-state index < -0.39 is 11.7 Å². The number of nitriles is 1. The van der Waals surface area contributed by atoms with Crippen LogP contribution in [0.15, 0.2) is 54.0 Å². The molecule has 1 amide bonds. The molecule has 0 aliphatic carbocycles. The van der Waals surface area contributed by atoms with Gasteiger partial charge in [0.05, 0.1) is 18.3 Å². The molecular formula is C33H42FN7OS. The number of nitrogens with zero attached hydrogens (tertiary/aromatic N) is 7. The number of aromatic nitrogens is 2. The maximum atomic E-state index is 13.3. The number of halogens is 1. The Hall–Kier alpha value is -3.68. The van der Waals surface area contributed by atoms with Crippen LogP contribution in [0.5, 0.6) is 0 Å². The van der Waals surface area contributed by atoms with Gasteiger partial charge in [-0.3, -0.25) is 4.79 Å². The largest absolute Gasteiger partial charge is 0.365 e. The Labute approximate surface area is 259 Å². The maximum Gasteiger partial charge on any atom is 0.282 e. The highest BCUT2D eigenvalue weighted by Crippen LogP contribution is 2.35. The lowest BCUT2D eigenvalue weighted by Gasteiger charge is -2.38. The fraction of sp³-hybridized carbons (Fsp3) is 0.455. The summed E-state index contributed by atoms with van der Waals surface area (Å²) in [7, 11) is 2.17. The van der Waals surface area contributed by atoms with E-state index in [0.717, 1.165) is 36.2 Å². The van der Waals surface area contributed by atoms with Gasteiger partial charge in [-0.15, -0.1) is 0 Å². The van der Waals surface area contributed by atoms with Crippen molar-refractivity contribution in [2.24, 2.45) is 0 Å². The van der Waals surface area contributed by atoms with Crippen LogP contribution in [0.25, 0.3) is 10.8 Å². The highest BCUT2D eigenvalue weighted by atomic mass is 32.2. The predicted octanol–water partition coefficient (Wildman–Crippen LogP) is 5.60. The number of likely N-dealkylation sites (tertiary alicyclic amines) is 1. The average Bonchev–Trinajstić information content (AvgIpc) is 3.51. The van der Waals surface area contributed by atoms with Crippen molar-refractivity contribution in [2.75, 3.05) is 68.9 Å². The molecule has 3 aliphatic heterocycles. The Bertz CT molecular complexity index is 1470. The molecule has 0 atom stereocenters. The van der Waals surface area contributed by atoms with E-state index in [4.69, 9.17) is 15.2 Å². The van der Waals surface area contributed by atoms with Gasteiger partial charge < -0.3 is 19.6 Å². The molecule has 0 N–H and O–H groups in total. The Balaban J connectivity index is 0.000000408. The van der Waals surface area contributed by atoms with Crippen LogP contribution in [0.2, 0.25) is 0 Å². The third kappa shape index (κ3) is 7.84. The highest BCUT2D eigenvalue weighted by Gasteiger charge is 2.29. The van der Waals surface area contributed by atoms with Gasteiger partial charge in [0.1, 0.15) is 5.82 Å². The monoisotopic (exact) mass is 603 g/mol. The highest BCUT2D eigenvalue weighted by molar-refractivity contribution is 7.98. The maximum absolute atomic E-state index is 13.3. The lowest BCUT2D eigenvalue weighted by atomic mass is 9.99. The Kier molecular flexibility index (Phi) is 11.4. The van der Waals surface area contributed by atoms with Gasteiger partial charge in [0.15, 0.2) is 11.0 Å². The third-order valence-electron chi connectivity index (χ3n) is 8.07. The van der Waals surface area contributed by atoms with Gasteiger partial charge in [-0.05, 0) is 69.6 Å². The van der Waals surface area contributed by atoms with Crippen LogP contribution in [-0.4, -0.2) is 84.8 Å². The molecule has 0 spiro atoms. The lowest BCUT2D eigenvalue weighted by molar-refractivity contribution is -0.128. The molecule has 0 bridgehead atoms. The Morgan fingerprint density at radius 2 is 1.65 bits per heavy atom. The minimum Gasteiger partial charge on any atom is -0.365 e. The van der Waals surface area contributed by atoms with Gasteiger partial charge in [0.25, 0.3) is 5.91 Å². The summed E-state index contributed by atoms with van der Waals surface area (Å²) in [6, 6.07) is 14.7. The topological polar surface area (TPSA) is 79.6 Å². The lowest BCUT2D eigenvalue weighted by Crippen LogP contribution is -2.49. The molecule has 2 saturated heterocycles. The van der Waals surface area contributed by atoms with Crippen molar-refractivity contribution in [3.05, 3.63) is 65.6 Å². The van der Waals surface area contributed by atoms with Gasteiger partial charge >= 0.3 is 0 Å². The van der Waals surface area contributed by atoms with E-state index in [1.165, 1.54) is 77.1 Å². The summed E-state index contributed by atoms with van der Waals surface area (Å²) >= 11 is 1.54. The average molecular weight is 604 g/mol. The van der Waals surface area contributed by atoms with Gasteiger partial charge in [0.2, 0.25) is 0 Å².